The number of nitrogens with zero attached hydrogens (tertiary/aromatic N) is 2. The fourth-order valence-corrected chi connectivity index (χ4v) is 6.38. The number of ether oxygens (including phenoxy) is 1. The molecule has 0 radical (unpaired) electrons. The predicted octanol–water partition coefficient (Wildman–Crippen LogP) is 4.46. The lowest BCUT2D eigenvalue weighted by Gasteiger charge is -2.32. The molecule has 8 heteroatoms. The van der Waals surface area contributed by atoms with Crippen LogP contribution in [0.4, 0.5) is 10.1 Å². The molecule has 0 unspecified atom stereocenters. The minimum absolute atomic E-state index is 0.169. The standard InChI is InChI=1S/C27H24FN3O4/c28-18-13-11-17(12-14-18)16-35-23-10-4-1-6-19(23)24-22-9-5-15-30(22)27(25(24)31(33)34)20-7-2-3-8-21(20)29-26(27)32/h1-4,6-8,10-14,22,24-25H,5,9,15-16H2,(H,29,32)/t22-,24+,25-,27+/m1/s1. The SMILES string of the molecule is O=C1Nc2ccccc2[C@]12[C@H]([N+](=O)[O-])[C@@H](c1ccccc1OCc1ccc(F)cc1)[C@H]1CCCN12. The molecule has 1 N–H and O–H groups in total. The van der Waals surface area contributed by atoms with Crippen LogP contribution in [-0.2, 0) is 16.9 Å². The summed E-state index contributed by atoms with van der Waals surface area (Å²) in [5.74, 6) is -0.645. The van der Waals surface area contributed by atoms with Crippen molar-refractivity contribution in [1.82, 2.24) is 4.90 Å². The fourth-order valence-electron chi connectivity index (χ4n) is 6.38. The van der Waals surface area contributed by atoms with Crippen molar-refractivity contribution in [2.45, 2.75) is 43.0 Å². The number of halogens is 1. The highest BCUT2D eigenvalue weighted by atomic mass is 19.1. The van der Waals surface area contributed by atoms with Gasteiger partial charge in [0.05, 0.1) is 5.92 Å². The molecule has 3 aromatic rings. The van der Waals surface area contributed by atoms with Gasteiger partial charge in [0, 0.05) is 34.3 Å². The van der Waals surface area contributed by atoms with Gasteiger partial charge in [-0.2, -0.15) is 0 Å². The first kappa shape index (κ1) is 21.7. The van der Waals surface area contributed by atoms with E-state index in [9.17, 15) is 19.3 Å². The summed E-state index contributed by atoms with van der Waals surface area (Å²) in [6, 6.07) is 19.4. The number of amides is 1. The Morgan fingerprint density at radius 3 is 2.63 bits per heavy atom. The highest BCUT2D eigenvalue weighted by Gasteiger charge is 2.73. The number of fused-ring (bicyclic) bond motifs is 4. The van der Waals surface area contributed by atoms with E-state index in [4.69, 9.17) is 4.74 Å². The average molecular weight is 474 g/mol. The summed E-state index contributed by atoms with van der Waals surface area (Å²) < 4.78 is 19.4. The summed E-state index contributed by atoms with van der Waals surface area (Å²) in [6.45, 7) is 0.821. The number of carbonyl (C=O) groups is 1. The van der Waals surface area contributed by atoms with Gasteiger partial charge in [0.15, 0.2) is 5.54 Å². The maximum Gasteiger partial charge on any atom is 0.256 e. The number of carbonyl (C=O) groups excluding carboxylic acids is 1. The topological polar surface area (TPSA) is 84.7 Å². The van der Waals surface area contributed by atoms with E-state index in [0.29, 0.717) is 23.5 Å². The Hall–Kier alpha value is -3.78. The molecule has 0 aliphatic carbocycles. The third-order valence-corrected chi connectivity index (χ3v) is 7.68. The number of hydrogen-bond donors (Lipinski definition) is 1. The smallest absolute Gasteiger partial charge is 0.256 e. The molecule has 0 saturated carbocycles. The molecule has 3 aromatic carbocycles. The first-order valence-electron chi connectivity index (χ1n) is 11.8. The Morgan fingerprint density at radius 1 is 1.09 bits per heavy atom. The summed E-state index contributed by atoms with van der Waals surface area (Å²) in [4.78, 5) is 28.2. The van der Waals surface area contributed by atoms with Gasteiger partial charge in [-0.25, -0.2) is 4.39 Å². The van der Waals surface area contributed by atoms with Crippen molar-refractivity contribution in [3.05, 3.63) is 105 Å². The van der Waals surface area contributed by atoms with Crippen molar-refractivity contribution in [3.8, 4) is 5.75 Å². The summed E-state index contributed by atoms with van der Waals surface area (Å²) in [6.07, 6.45) is 1.62. The van der Waals surface area contributed by atoms with E-state index in [-0.39, 0.29) is 29.3 Å². The van der Waals surface area contributed by atoms with E-state index < -0.39 is 17.5 Å². The van der Waals surface area contributed by atoms with Crippen molar-refractivity contribution in [3.63, 3.8) is 0 Å². The van der Waals surface area contributed by atoms with Crippen molar-refractivity contribution in [2.24, 2.45) is 0 Å². The molecule has 2 saturated heterocycles. The summed E-state index contributed by atoms with van der Waals surface area (Å²) in [7, 11) is 0. The number of hydrogen-bond acceptors (Lipinski definition) is 5. The van der Waals surface area contributed by atoms with Crippen LogP contribution in [0.15, 0.2) is 72.8 Å². The van der Waals surface area contributed by atoms with Crippen molar-refractivity contribution in [1.29, 1.82) is 0 Å². The van der Waals surface area contributed by atoms with E-state index in [1.54, 1.807) is 18.2 Å². The van der Waals surface area contributed by atoms with Gasteiger partial charge < -0.3 is 10.1 Å². The van der Waals surface area contributed by atoms with Crippen LogP contribution in [0.5, 0.6) is 5.75 Å². The van der Waals surface area contributed by atoms with Crippen molar-refractivity contribution in [2.75, 3.05) is 11.9 Å². The van der Waals surface area contributed by atoms with Crippen molar-refractivity contribution < 1.29 is 18.8 Å². The van der Waals surface area contributed by atoms with Gasteiger partial charge in [0.2, 0.25) is 0 Å². The molecule has 3 aliphatic heterocycles. The van der Waals surface area contributed by atoms with Gasteiger partial charge >= 0.3 is 0 Å². The normalized spacial score (nSPS) is 27.0. The monoisotopic (exact) mass is 473 g/mol. The highest BCUT2D eigenvalue weighted by molar-refractivity contribution is 6.07. The number of benzene rings is 3. The van der Waals surface area contributed by atoms with Gasteiger partial charge in [0.1, 0.15) is 18.2 Å². The van der Waals surface area contributed by atoms with Crippen LogP contribution in [-0.4, -0.2) is 34.4 Å². The molecule has 7 nitrogen and oxygen atoms in total. The van der Waals surface area contributed by atoms with Gasteiger partial charge in [-0.05, 0) is 42.7 Å². The largest absolute Gasteiger partial charge is 0.489 e. The first-order chi connectivity index (χ1) is 17.0. The van der Waals surface area contributed by atoms with Crippen LogP contribution in [0.1, 0.15) is 35.4 Å². The third kappa shape index (κ3) is 3.16. The Balaban J connectivity index is 1.45. The van der Waals surface area contributed by atoms with Crippen LogP contribution >= 0.6 is 0 Å². The third-order valence-electron chi connectivity index (χ3n) is 7.68. The second-order valence-electron chi connectivity index (χ2n) is 9.38. The lowest BCUT2D eigenvalue weighted by Crippen LogP contribution is -2.55. The molecular formula is C27H24FN3O4. The number of rotatable bonds is 5. The zero-order chi connectivity index (χ0) is 24.2. The van der Waals surface area contributed by atoms with Gasteiger partial charge in [-0.3, -0.25) is 19.8 Å². The minimum atomic E-state index is -1.37. The molecule has 4 atom stereocenters. The second kappa shape index (κ2) is 8.16. The van der Waals surface area contributed by atoms with Crippen LogP contribution in [0, 0.1) is 15.9 Å². The van der Waals surface area contributed by atoms with Gasteiger partial charge in [-0.15, -0.1) is 0 Å². The van der Waals surface area contributed by atoms with Gasteiger partial charge in [-0.1, -0.05) is 48.5 Å². The summed E-state index contributed by atoms with van der Waals surface area (Å²) >= 11 is 0. The van der Waals surface area contributed by atoms with Crippen molar-refractivity contribution >= 4 is 11.6 Å². The quantitative estimate of drug-likeness (QED) is 0.437. The molecule has 3 aliphatic rings. The highest BCUT2D eigenvalue weighted by Crippen LogP contribution is 2.58. The Morgan fingerprint density at radius 2 is 1.83 bits per heavy atom. The summed E-state index contributed by atoms with van der Waals surface area (Å²) in [5, 5.41) is 15.7. The zero-order valence-corrected chi connectivity index (χ0v) is 18.9. The lowest BCUT2D eigenvalue weighted by molar-refractivity contribution is -0.534. The zero-order valence-electron chi connectivity index (χ0n) is 18.9. The van der Waals surface area contributed by atoms with Crippen LogP contribution in [0.2, 0.25) is 0 Å². The fraction of sp³-hybridized carbons (Fsp3) is 0.296. The maximum atomic E-state index is 13.6. The molecule has 0 bridgehead atoms. The van der Waals surface area contributed by atoms with Crippen LogP contribution in [0.3, 0.4) is 0 Å². The van der Waals surface area contributed by atoms with Crippen LogP contribution < -0.4 is 10.1 Å². The Bertz CT molecular complexity index is 1310. The molecule has 1 spiro atoms. The predicted molar refractivity (Wildman–Crippen MR) is 127 cm³/mol. The number of anilines is 1. The molecule has 2 fully saturated rings. The molecular weight excluding hydrogens is 449 g/mol. The van der Waals surface area contributed by atoms with E-state index in [1.165, 1.54) is 12.1 Å². The van der Waals surface area contributed by atoms with Gasteiger partial charge in [0.25, 0.3) is 11.9 Å². The molecule has 178 valence electrons. The molecule has 6 rings (SSSR count). The lowest BCUT2D eigenvalue weighted by atomic mass is 9.77. The molecule has 35 heavy (non-hydrogen) atoms. The number of para-hydroxylation sites is 2. The Labute approximate surface area is 201 Å². The van der Waals surface area contributed by atoms with E-state index >= 15 is 0 Å². The maximum absolute atomic E-state index is 13.6. The molecule has 3 heterocycles. The number of nitrogens with one attached hydrogen (secondary N) is 1. The number of nitro groups is 1. The van der Waals surface area contributed by atoms with E-state index in [2.05, 4.69) is 10.2 Å². The summed E-state index contributed by atoms with van der Waals surface area (Å²) in [5.41, 5.74) is 1.46. The van der Waals surface area contributed by atoms with E-state index in [1.807, 2.05) is 42.5 Å². The average Bonchev–Trinajstić information content (AvgIpc) is 3.52. The van der Waals surface area contributed by atoms with Crippen LogP contribution in [0.25, 0.3) is 0 Å². The minimum Gasteiger partial charge on any atom is -0.489 e. The molecule has 1 amide bonds. The molecule has 0 aromatic heterocycles. The Kier molecular flexibility index (Phi) is 5.07. The van der Waals surface area contributed by atoms with E-state index in [0.717, 1.165) is 24.0 Å². The second-order valence-corrected chi connectivity index (χ2v) is 9.38. The first-order valence-corrected chi connectivity index (χ1v) is 11.8.